The van der Waals surface area contributed by atoms with E-state index in [9.17, 15) is 17.6 Å². The third-order valence-electron chi connectivity index (χ3n) is 4.40. The van der Waals surface area contributed by atoms with E-state index in [4.69, 9.17) is 0 Å². The molecule has 28 heavy (non-hydrogen) atoms. The minimum absolute atomic E-state index is 0. The van der Waals surface area contributed by atoms with Crippen molar-refractivity contribution in [2.75, 3.05) is 26.2 Å². The second-order valence-corrected chi connectivity index (χ2v) is 6.33. The Labute approximate surface area is 173 Å². The monoisotopic (exact) mass is 440 g/mol. The van der Waals surface area contributed by atoms with Crippen molar-refractivity contribution in [2.45, 2.75) is 19.3 Å². The quantitative estimate of drug-likeness (QED) is 0.686. The maximum atomic E-state index is 14.6. The number of aryl methyl sites for hydroxylation is 1. The van der Waals surface area contributed by atoms with Gasteiger partial charge in [0.15, 0.2) is 0 Å². The van der Waals surface area contributed by atoms with Crippen molar-refractivity contribution in [1.82, 2.24) is 10.2 Å². The van der Waals surface area contributed by atoms with Gasteiger partial charge in [-0.1, -0.05) is 24.3 Å². The Morgan fingerprint density at radius 2 is 1.61 bits per heavy atom. The molecule has 0 aromatic heterocycles. The van der Waals surface area contributed by atoms with Crippen LogP contribution in [-0.4, -0.2) is 37.4 Å². The van der Waals surface area contributed by atoms with Gasteiger partial charge in [0.1, 0.15) is 11.6 Å². The number of nitrogens with zero attached hydrogens (tertiary/aromatic N) is 1. The minimum Gasteiger partial charge on any atom is -0.406 e. The Morgan fingerprint density at radius 3 is 2.14 bits per heavy atom. The molecule has 0 unspecified atom stereocenters. The molecule has 2 aromatic carbocycles. The molecule has 1 aliphatic heterocycles. The molecule has 1 atom stereocenters. The topological polar surface area (TPSA) is 24.5 Å². The van der Waals surface area contributed by atoms with Crippen LogP contribution in [-0.2, 0) is 0 Å². The third-order valence-corrected chi connectivity index (χ3v) is 4.40. The number of alkyl halides is 3. The van der Waals surface area contributed by atoms with E-state index >= 15 is 0 Å². The molecule has 156 valence electrons. The van der Waals surface area contributed by atoms with Gasteiger partial charge in [0.05, 0.1) is 6.04 Å². The molecule has 0 spiro atoms. The number of rotatable bonds is 4. The zero-order chi connectivity index (χ0) is 18.7. The van der Waals surface area contributed by atoms with Crippen molar-refractivity contribution < 1.29 is 22.3 Å². The summed E-state index contributed by atoms with van der Waals surface area (Å²) in [4.78, 5) is 2.13. The highest BCUT2D eigenvalue weighted by atomic mass is 35.5. The Bertz CT molecular complexity index is 751. The van der Waals surface area contributed by atoms with Crippen LogP contribution in [0.2, 0.25) is 0 Å². The van der Waals surface area contributed by atoms with Crippen LogP contribution in [0.4, 0.5) is 17.6 Å². The van der Waals surface area contributed by atoms with E-state index in [1.807, 2.05) is 13.0 Å². The van der Waals surface area contributed by atoms with Crippen LogP contribution in [0.25, 0.3) is 0 Å². The van der Waals surface area contributed by atoms with Crippen molar-refractivity contribution in [3.8, 4) is 5.75 Å². The highest BCUT2D eigenvalue weighted by Gasteiger charge is 2.31. The largest absolute Gasteiger partial charge is 0.573 e. The minimum atomic E-state index is -4.73. The number of ether oxygens (including phenoxy) is 1. The summed E-state index contributed by atoms with van der Waals surface area (Å²) in [6.07, 6.45) is -4.73. The van der Waals surface area contributed by atoms with Crippen molar-refractivity contribution in [1.29, 1.82) is 0 Å². The molecule has 1 aliphatic rings. The standard InChI is InChI=1S/C19H20F4N2O.2ClH/c1-13-2-7-16(17(20)12-13)18(25-10-8-24-9-11-25)14-3-5-15(6-4-14)26-19(21,22)23;;/h2-7,12,18,24H,8-11H2,1H3;2*1H/t18-;;/m0../s1. The summed E-state index contributed by atoms with van der Waals surface area (Å²) in [6, 6.07) is 10.4. The number of hydrogen-bond acceptors (Lipinski definition) is 3. The Morgan fingerprint density at radius 1 is 1.00 bits per heavy atom. The number of halogens is 6. The van der Waals surface area contributed by atoms with Crippen LogP contribution in [0.5, 0.6) is 5.75 Å². The molecular weight excluding hydrogens is 419 g/mol. The summed E-state index contributed by atoms with van der Waals surface area (Å²) in [5.41, 5.74) is 2.06. The van der Waals surface area contributed by atoms with Crippen LogP contribution < -0.4 is 10.1 Å². The van der Waals surface area contributed by atoms with Crippen LogP contribution in [0, 0.1) is 12.7 Å². The maximum Gasteiger partial charge on any atom is 0.573 e. The van der Waals surface area contributed by atoms with E-state index in [-0.39, 0.29) is 42.4 Å². The molecule has 0 saturated carbocycles. The van der Waals surface area contributed by atoms with E-state index in [0.717, 1.165) is 37.3 Å². The second-order valence-electron chi connectivity index (χ2n) is 6.33. The molecule has 1 fully saturated rings. The molecule has 1 N–H and O–H groups in total. The number of piperazine rings is 1. The molecule has 1 saturated heterocycles. The van der Waals surface area contributed by atoms with Gasteiger partial charge in [-0.25, -0.2) is 4.39 Å². The lowest BCUT2D eigenvalue weighted by atomic mass is 9.95. The highest BCUT2D eigenvalue weighted by Crippen LogP contribution is 2.33. The summed E-state index contributed by atoms with van der Waals surface area (Å²) in [6.45, 7) is 4.81. The zero-order valence-corrected chi connectivity index (χ0v) is 16.8. The summed E-state index contributed by atoms with van der Waals surface area (Å²) in [5, 5.41) is 3.25. The van der Waals surface area contributed by atoms with Crippen molar-refractivity contribution >= 4 is 24.8 Å². The first kappa shape index (κ1) is 24.5. The number of hydrogen-bond donors (Lipinski definition) is 1. The Hall–Kier alpha value is -1.54. The summed E-state index contributed by atoms with van der Waals surface area (Å²) >= 11 is 0. The normalized spacial score (nSPS) is 15.9. The summed E-state index contributed by atoms with van der Waals surface area (Å²) < 4.78 is 55.6. The zero-order valence-electron chi connectivity index (χ0n) is 15.1. The molecule has 0 aliphatic carbocycles. The fraction of sp³-hybridized carbons (Fsp3) is 0.368. The van der Waals surface area contributed by atoms with Gasteiger partial charge in [-0.15, -0.1) is 38.0 Å². The van der Waals surface area contributed by atoms with Crippen LogP contribution in [0.3, 0.4) is 0 Å². The van der Waals surface area contributed by atoms with Crippen LogP contribution in [0.1, 0.15) is 22.7 Å². The molecule has 3 rings (SSSR count). The van der Waals surface area contributed by atoms with Gasteiger partial charge in [-0.3, -0.25) is 4.90 Å². The maximum absolute atomic E-state index is 14.6. The Balaban J connectivity index is 0.00000196. The SMILES string of the molecule is Cc1ccc([C@H](c2ccc(OC(F)(F)F)cc2)N2CCNCC2)c(F)c1.Cl.Cl. The third kappa shape index (κ3) is 6.24. The molecule has 0 amide bonds. The first-order chi connectivity index (χ1) is 12.3. The van der Waals surface area contributed by atoms with E-state index in [1.165, 1.54) is 18.2 Å². The predicted molar refractivity (Wildman–Crippen MR) is 105 cm³/mol. The van der Waals surface area contributed by atoms with Gasteiger partial charge in [0.2, 0.25) is 0 Å². The lowest BCUT2D eigenvalue weighted by Crippen LogP contribution is -2.45. The van der Waals surface area contributed by atoms with Crippen molar-refractivity contribution in [3.05, 3.63) is 65.0 Å². The molecule has 3 nitrogen and oxygen atoms in total. The summed E-state index contributed by atoms with van der Waals surface area (Å²) in [7, 11) is 0. The number of benzene rings is 2. The van der Waals surface area contributed by atoms with Crippen LogP contribution in [0.15, 0.2) is 42.5 Å². The highest BCUT2D eigenvalue weighted by molar-refractivity contribution is 5.85. The average Bonchev–Trinajstić information content (AvgIpc) is 2.58. The van der Waals surface area contributed by atoms with Gasteiger partial charge < -0.3 is 10.1 Å². The molecular formula is C19H22Cl2F4N2O. The first-order valence-electron chi connectivity index (χ1n) is 8.40. The fourth-order valence-corrected chi connectivity index (χ4v) is 3.23. The number of nitrogens with one attached hydrogen (secondary N) is 1. The fourth-order valence-electron chi connectivity index (χ4n) is 3.23. The first-order valence-corrected chi connectivity index (χ1v) is 8.40. The van der Waals surface area contributed by atoms with E-state index in [1.54, 1.807) is 18.2 Å². The Kier molecular flexibility index (Phi) is 9.01. The predicted octanol–water partition coefficient (Wildman–Crippen LogP) is 4.87. The lowest BCUT2D eigenvalue weighted by molar-refractivity contribution is -0.274. The van der Waals surface area contributed by atoms with Gasteiger partial charge >= 0.3 is 6.36 Å². The smallest absolute Gasteiger partial charge is 0.406 e. The van der Waals surface area contributed by atoms with Gasteiger partial charge in [-0.2, -0.15) is 0 Å². The van der Waals surface area contributed by atoms with Gasteiger partial charge in [0.25, 0.3) is 0 Å². The van der Waals surface area contributed by atoms with E-state index < -0.39 is 6.36 Å². The molecule has 2 aromatic rings. The van der Waals surface area contributed by atoms with Gasteiger partial charge in [0, 0.05) is 31.7 Å². The van der Waals surface area contributed by atoms with Crippen LogP contribution >= 0.6 is 24.8 Å². The average molecular weight is 441 g/mol. The molecule has 0 radical (unpaired) electrons. The second kappa shape index (κ2) is 10.3. The van der Waals surface area contributed by atoms with Crippen molar-refractivity contribution in [2.24, 2.45) is 0 Å². The molecule has 1 heterocycles. The van der Waals surface area contributed by atoms with E-state index in [0.29, 0.717) is 5.56 Å². The van der Waals surface area contributed by atoms with Gasteiger partial charge in [-0.05, 0) is 36.2 Å². The lowest BCUT2D eigenvalue weighted by Gasteiger charge is -2.35. The summed E-state index contributed by atoms with van der Waals surface area (Å²) in [5.74, 6) is -0.603. The molecule has 9 heteroatoms. The molecule has 0 bridgehead atoms. The van der Waals surface area contributed by atoms with Crippen molar-refractivity contribution in [3.63, 3.8) is 0 Å². The van der Waals surface area contributed by atoms with E-state index in [2.05, 4.69) is 15.0 Å².